The number of hydrazine groups is 1. The molecular formula is C15H16N2O3. The fourth-order valence-corrected chi connectivity index (χ4v) is 2.89. The summed E-state index contributed by atoms with van der Waals surface area (Å²) < 4.78 is 4.85. The van der Waals surface area contributed by atoms with Crippen LogP contribution in [0.2, 0.25) is 0 Å². The maximum atomic E-state index is 12.0. The summed E-state index contributed by atoms with van der Waals surface area (Å²) in [5.74, 6) is -0.384. The highest BCUT2D eigenvalue weighted by Gasteiger charge is 2.47. The number of benzene rings is 1. The van der Waals surface area contributed by atoms with Gasteiger partial charge in [-0.1, -0.05) is 30.3 Å². The third kappa shape index (κ3) is 1.82. The van der Waals surface area contributed by atoms with E-state index in [0.717, 1.165) is 5.56 Å². The van der Waals surface area contributed by atoms with Gasteiger partial charge in [0.25, 0.3) is 0 Å². The number of rotatable bonds is 2. The summed E-state index contributed by atoms with van der Waals surface area (Å²) >= 11 is 0. The van der Waals surface area contributed by atoms with Crippen molar-refractivity contribution in [3.05, 3.63) is 47.7 Å². The fraction of sp³-hybridized carbons (Fsp3) is 0.333. The van der Waals surface area contributed by atoms with Gasteiger partial charge in [-0.25, -0.2) is 9.80 Å². The van der Waals surface area contributed by atoms with E-state index in [4.69, 9.17) is 4.74 Å². The third-order valence-corrected chi connectivity index (χ3v) is 3.78. The first-order valence-electron chi connectivity index (χ1n) is 6.58. The maximum absolute atomic E-state index is 12.0. The van der Waals surface area contributed by atoms with Crippen LogP contribution in [-0.4, -0.2) is 35.0 Å². The van der Waals surface area contributed by atoms with Gasteiger partial charge in [0.2, 0.25) is 5.91 Å². The highest BCUT2D eigenvalue weighted by Crippen LogP contribution is 2.41. The molecule has 0 aliphatic carbocycles. The Balaban J connectivity index is 2.06. The molecule has 2 aliphatic heterocycles. The summed E-state index contributed by atoms with van der Waals surface area (Å²) in [4.78, 5) is 24.0. The Hall–Kier alpha value is -2.14. The molecule has 2 heterocycles. The lowest BCUT2D eigenvalue weighted by molar-refractivity contribution is -0.137. The second-order valence-corrected chi connectivity index (χ2v) is 5.06. The minimum Gasteiger partial charge on any atom is -0.466 e. The molecule has 1 aromatic carbocycles. The Labute approximate surface area is 117 Å². The van der Waals surface area contributed by atoms with Gasteiger partial charge in [0.05, 0.1) is 18.7 Å². The van der Waals surface area contributed by atoms with Crippen molar-refractivity contribution in [3.63, 3.8) is 0 Å². The first-order chi connectivity index (χ1) is 9.63. The van der Waals surface area contributed by atoms with E-state index in [2.05, 4.69) is 0 Å². The summed E-state index contributed by atoms with van der Waals surface area (Å²) in [5.41, 5.74) is 1.48. The minimum atomic E-state index is -0.395. The van der Waals surface area contributed by atoms with Gasteiger partial charge in [-0.2, -0.15) is 5.01 Å². The first kappa shape index (κ1) is 12.9. The number of fused-ring (bicyclic) bond motifs is 1. The van der Waals surface area contributed by atoms with Gasteiger partial charge in [0.15, 0.2) is 0 Å². The molecule has 0 aromatic heterocycles. The fourth-order valence-electron chi connectivity index (χ4n) is 2.89. The van der Waals surface area contributed by atoms with Crippen molar-refractivity contribution in [2.45, 2.75) is 25.4 Å². The minimum absolute atomic E-state index is 0.0114. The van der Waals surface area contributed by atoms with Crippen molar-refractivity contribution in [1.29, 1.82) is 0 Å². The number of methoxy groups -OCH3 is 1. The molecule has 1 unspecified atom stereocenters. The standard InChI is InChI=1S/C15H16N2O3/c1-10-8-13(18)16-9-12(15(19)20-2)14(17(10)16)11-6-4-3-5-7-11/h3-7,9-10,14H,8H2,1-2H3/t10?,14-/m1/s1. The van der Waals surface area contributed by atoms with Crippen LogP contribution >= 0.6 is 0 Å². The summed E-state index contributed by atoms with van der Waals surface area (Å²) in [7, 11) is 1.36. The van der Waals surface area contributed by atoms with E-state index in [1.165, 1.54) is 7.11 Å². The Bertz CT molecular complexity index is 582. The van der Waals surface area contributed by atoms with Crippen LogP contribution < -0.4 is 0 Å². The van der Waals surface area contributed by atoms with Gasteiger partial charge in [-0.3, -0.25) is 4.79 Å². The van der Waals surface area contributed by atoms with Crippen molar-refractivity contribution in [1.82, 2.24) is 10.0 Å². The van der Waals surface area contributed by atoms with Crippen molar-refractivity contribution < 1.29 is 14.3 Å². The van der Waals surface area contributed by atoms with Gasteiger partial charge in [-0.15, -0.1) is 0 Å². The molecule has 0 saturated carbocycles. The average molecular weight is 272 g/mol. The Morgan fingerprint density at radius 1 is 1.30 bits per heavy atom. The Morgan fingerprint density at radius 3 is 2.65 bits per heavy atom. The molecular weight excluding hydrogens is 256 g/mol. The predicted molar refractivity (Wildman–Crippen MR) is 72.0 cm³/mol. The average Bonchev–Trinajstić information content (AvgIpc) is 2.98. The molecule has 0 bridgehead atoms. The number of carbonyl (C=O) groups is 2. The lowest BCUT2D eigenvalue weighted by Gasteiger charge is -2.29. The van der Waals surface area contributed by atoms with Crippen LogP contribution in [0.25, 0.3) is 0 Å². The van der Waals surface area contributed by atoms with Gasteiger partial charge in [-0.05, 0) is 12.5 Å². The van der Waals surface area contributed by atoms with E-state index in [9.17, 15) is 9.59 Å². The lowest BCUT2D eigenvalue weighted by atomic mass is 9.98. The van der Waals surface area contributed by atoms with Crippen LogP contribution in [0.4, 0.5) is 0 Å². The molecule has 5 nitrogen and oxygen atoms in total. The number of ether oxygens (including phenoxy) is 1. The van der Waals surface area contributed by atoms with E-state index in [0.29, 0.717) is 12.0 Å². The number of nitrogens with zero attached hydrogens (tertiary/aromatic N) is 2. The van der Waals surface area contributed by atoms with E-state index >= 15 is 0 Å². The second-order valence-electron chi connectivity index (χ2n) is 5.06. The largest absolute Gasteiger partial charge is 0.466 e. The predicted octanol–water partition coefficient (Wildman–Crippen LogP) is 1.64. The van der Waals surface area contributed by atoms with Gasteiger partial charge in [0.1, 0.15) is 0 Å². The van der Waals surface area contributed by atoms with E-state index < -0.39 is 5.97 Å². The van der Waals surface area contributed by atoms with Crippen molar-refractivity contribution in [3.8, 4) is 0 Å². The smallest absolute Gasteiger partial charge is 0.337 e. The molecule has 0 spiro atoms. The maximum Gasteiger partial charge on any atom is 0.337 e. The zero-order valence-electron chi connectivity index (χ0n) is 11.4. The van der Waals surface area contributed by atoms with Crippen LogP contribution in [0.5, 0.6) is 0 Å². The molecule has 3 rings (SSSR count). The summed E-state index contributed by atoms with van der Waals surface area (Å²) in [5, 5.41) is 3.50. The van der Waals surface area contributed by atoms with Gasteiger partial charge < -0.3 is 4.74 Å². The summed E-state index contributed by atoms with van der Waals surface area (Å²) in [6.07, 6.45) is 2.07. The second kappa shape index (κ2) is 4.76. The lowest BCUT2D eigenvalue weighted by Crippen LogP contribution is -2.37. The number of carbonyl (C=O) groups excluding carboxylic acids is 2. The molecule has 104 valence electrons. The highest BCUT2D eigenvalue weighted by molar-refractivity contribution is 5.92. The van der Waals surface area contributed by atoms with Crippen molar-refractivity contribution >= 4 is 11.9 Å². The van der Waals surface area contributed by atoms with Gasteiger partial charge >= 0.3 is 5.97 Å². The Morgan fingerprint density at radius 2 is 2.00 bits per heavy atom. The molecule has 1 fully saturated rings. The molecule has 20 heavy (non-hydrogen) atoms. The molecule has 1 aromatic rings. The molecule has 0 radical (unpaired) electrons. The number of hydrogen-bond donors (Lipinski definition) is 0. The van der Waals surface area contributed by atoms with E-state index in [1.807, 2.05) is 42.3 Å². The van der Waals surface area contributed by atoms with Crippen molar-refractivity contribution in [2.24, 2.45) is 0 Å². The molecule has 0 N–H and O–H groups in total. The number of esters is 1. The number of amides is 1. The van der Waals surface area contributed by atoms with Crippen LogP contribution in [-0.2, 0) is 14.3 Å². The quantitative estimate of drug-likeness (QED) is 0.768. The van der Waals surface area contributed by atoms with Crippen LogP contribution in [0.1, 0.15) is 24.9 Å². The van der Waals surface area contributed by atoms with E-state index in [-0.39, 0.29) is 18.0 Å². The molecule has 5 heteroatoms. The van der Waals surface area contributed by atoms with Crippen LogP contribution in [0, 0.1) is 0 Å². The van der Waals surface area contributed by atoms with Gasteiger partial charge in [0, 0.05) is 18.7 Å². The molecule has 1 saturated heterocycles. The normalized spacial score (nSPS) is 25.6. The monoisotopic (exact) mass is 272 g/mol. The zero-order chi connectivity index (χ0) is 14.3. The van der Waals surface area contributed by atoms with Crippen molar-refractivity contribution in [2.75, 3.05) is 7.11 Å². The topological polar surface area (TPSA) is 49.9 Å². The number of hydrogen-bond acceptors (Lipinski definition) is 4. The van der Waals surface area contributed by atoms with Crippen LogP contribution in [0.3, 0.4) is 0 Å². The summed E-state index contributed by atoms with van der Waals surface area (Å²) in [6.45, 7) is 1.99. The molecule has 1 amide bonds. The molecule has 2 atom stereocenters. The van der Waals surface area contributed by atoms with E-state index in [1.54, 1.807) is 11.2 Å². The summed E-state index contributed by atoms with van der Waals surface area (Å²) in [6, 6.07) is 9.50. The van der Waals surface area contributed by atoms with Crippen LogP contribution in [0.15, 0.2) is 42.1 Å². The third-order valence-electron chi connectivity index (χ3n) is 3.78. The molecule has 2 aliphatic rings. The first-order valence-corrected chi connectivity index (χ1v) is 6.58. The Kier molecular flexibility index (Phi) is 3.06. The highest BCUT2D eigenvalue weighted by atomic mass is 16.5. The zero-order valence-corrected chi connectivity index (χ0v) is 11.4. The SMILES string of the molecule is COC(=O)C1=CN2C(=O)CC(C)N2[C@@H]1c1ccccc1.